The minimum absolute atomic E-state index is 0.279. The fourth-order valence-electron chi connectivity index (χ4n) is 4.14. The molecule has 0 aromatic heterocycles. The maximum atomic E-state index is 11.4. The van der Waals surface area contributed by atoms with Crippen LogP contribution in [0.1, 0.15) is 111 Å². The molecule has 2 atom stereocenters. The Kier molecular flexibility index (Phi) is 11.4. The number of hydrogen-bond acceptors (Lipinski definition) is 3. The molecular weight excluding hydrogens is 324 g/mol. The molecule has 0 aliphatic heterocycles. The van der Waals surface area contributed by atoms with Crippen molar-refractivity contribution in [3.63, 3.8) is 0 Å². The molecule has 1 fully saturated rings. The Morgan fingerprint density at radius 3 is 1.50 bits per heavy atom. The third-order valence-electron chi connectivity index (χ3n) is 6.31. The fourth-order valence-corrected chi connectivity index (χ4v) is 4.14. The number of hydrogen-bond donors (Lipinski definition) is 0. The van der Waals surface area contributed by atoms with Gasteiger partial charge in [-0.05, 0) is 6.42 Å². The summed E-state index contributed by atoms with van der Waals surface area (Å²) in [6, 6.07) is 0. The first-order valence-corrected chi connectivity index (χ1v) is 11.1. The van der Waals surface area contributed by atoms with Gasteiger partial charge in [-0.15, -0.1) is 0 Å². The predicted molar refractivity (Wildman–Crippen MR) is 108 cm³/mol. The molecule has 0 aromatic carbocycles. The van der Waals surface area contributed by atoms with Crippen LogP contribution in [0, 0.1) is 11.3 Å². The molecule has 0 spiro atoms. The molecule has 1 aliphatic rings. The summed E-state index contributed by atoms with van der Waals surface area (Å²) in [6.45, 7) is 6.73. The van der Waals surface area contributed by atoms with Crippen molar-refractivity contribution in [3.8, 4) is 0 Å². The number of rotatable bonds is 18. The van der Waals surface area contributed by atoms with Gasteiger partial charge >= 0.3 is 0 Å². The summed E-state index contributed by atoms with van der Waals surface area (Å²) in [5.41, 5.74) is -1.20. The summed E-state index contributed by atoms with van der Waals surface area (Å²) in [7, 11) is 0. The van der Waals surface area contributed by atoms with Gasteiger partial charge in [0.05, 0.1) is 5.92 Å². The van der Waals surface area contributed by atoms with E-state index in [0.29, 0.717) is 6.61 Å². The Morgan fingerprint density at radius 1 is 0.731 bits per heavy atom. The number of ether oxygens (including phenoxy) is 1. The molecule has 1 aliphatic carbocycles. The molecule has 0 bridgehead atoms. The van der Waals surface area contributed by atoms with Gasteiger partial charge in [-0.2, -0.15) is 0 Å². The highest BCUT2D eigenvalue weighted by Gasteiger charge is 2.73. The van der Waals surface area contributed by atoms with Crippen LogP contribution in [0.25, 0.3) is 0 Å². The minimum Gasteiger partial charge on any atom is -0.366 e. The molecule has 26 heavy (non-hydrogen) atoms. The lowest BCUT2D eigenvalue weighted by molar-refractivity contribution is -0.126. The minimum atomic E-state index is -0.856. The molecule has 0 N–H and O–H groups in total. The van der Waals surface area contributed by atoms with E-state index < -0.39 is 5.60 Å². The molecule has 0 radical (unpaired) electrons. The molecule has 2 unspecified atom stereocenters. The van der Waals surface area contributed by atoms with Gasteiger partial charge in [-0.25, -0.2) is 0 Å². The Morgan fingerprint density at radius 2 is 1.15 bits per heavy atom. The largest absolute Gasteiger partial charge is 0.366 e. The normalized spacial score (nSPS) is 23.7. The van der Waals surface area contributed by atoms with Crippen molar-refractivity contribution in [3.05, 3.63) is 0 Å². The molecule has 3 nitrogen and oxygen atoms in total. The van der Waals surface area contributed by atoms with Crippen molar-refractivity contribution in [2.45, 2.75) is 116 Å². The van der Waals surface area contributed by atoms with Crippen molar-refractivity contribution in [1.82, 2.24) is 0 Å². The first-order valence-electron chi connectivity index (χ1n) is 11.1. The monoisotopic (exact) mass is 366 g/mol. The Labute approximate surface area is 161 Å². The molecule has 0 aromatic rings. The molecule has 152 valence electrons. The van der Waals surface area contributed by atoms with Gasteiger partial charge in [0.15, 0.2) is 6.29 Å². The average Bonchev–Trinajstić information content (AvgIpc) is 3.12. The highest BCUT2D eigenvalue weighted by molar-refractivity contribution is 5.82. The van der Waals surface area contributed by atoms with E-state index in [1.54, 1.807) is 0 Å². The van der Waals surface area contributed by atoms with E-state index in [4.69, 9.17) is 4.74 Å². The van der Waals surface area contributed by atoms with E-state index in [1.165, 1.54) is 77.0 Å². The maximum Gasteiger partial charge on any atom is 0.153 e. The summed E-state index contributed by atoms with van der Waals surface area (Å²) >= 11 is 0. The number of unbranched alkanes of at least 4 members (excludes halogenated alkanes) is 13. The smallest absolute Gasteiger partial charge is 0.153 e. The summed E-state index contributed by atoms with van der Waals surface area (Å²) in [4.78, 5) is 22.4. The van der Waals surface area contributed by atoms with Crippen LogP contribution in [-0.2, 0) is 14.3 Å². The molecule has 1 saturated carbocycles. The number of carbonyl (C=O) groups excluding carboxylic acids is 2. The second-order valence-electron chi connectivity index (χ2n) is 8.69. The van der Waals surface area contributed by atoms with E-state index in [0.717, 1.165) is 25.4 Å². The van der Waals surface area contributed by atoms with Gasteiger partial charge in [0.25, 0.3) is 0 Å². The van der Waals surface area contributed by atoms with Gasteiger partial charge in [0.2, 0.25) is 0 Å². The zero-order valence-electron chi connectivity index (χ0n) is 17.6. The van der Waals surface area contributed by atoms with E-state index in [1.807, 2.05) is 13.8 Å². The van der Waals surface area contributed by atoms with Crippen LogP contribution in [0.2, 0.25) is 0 Å². The van der Waals surface area contributed by atoms with Crippen LogP contribution in [-0.4, -0.2) is 24.8 Å². The van der Waals surface area contributed by atoms with E-state index in [2.05, 4.69) is 6.92 Å². The van der Waals surface area contributed by atoms with Crippen LogP contribution in [0.5, 0.6) is 0 Å². The lowest BCUT2D eigenvalue weighted by atomic mass is 10.0. The number of aldehydes is 2. The van der Waals surface area contributed by atoms with Crippen LogP contribution >= 0.6 is 0 Å². The molecule has 0 heterocycles. The summed E-state index contributed by atoms with van der Waals surface area (Å²) in [5, 5.41) is 0. The summed E-state index contributed by atoms with van der Waals surface area (Å²) in [5.74, 6) is -0.279. The average molecular weight is 367 g/mol. The molecule has 0 saturated heterocycles. The lowest BCUT2D eigenvalue weighted by Crippen LogP contribution is -2.24. The zero-order valence-corrected chi connectivity index (χ0v) is 17.6. The highest BCUT2D eigenvalue weighted by Crippen LogP contribution is 2.61. The molecule has 1 rings (SSSR count). The second kappa shape index (κ2) is 12.6. The lowest BCUT2D eigenvalue weighted by Gasteiger charge is -2.14. The van der Waals surface area contributed by atoms with Crippen molar-refractivity contribution in [1.29, 1.82) is 0 Å². The molecular formula is C23H42O3. The summed E-state index contributed by atoms with van der Waals surface area (Å²) in [6.07, 6.45) is 20.3. The Balaban J connectivity index is 1.87. The summed E-state index contributed by atoms with van der Waals surface area (Å²) < 4.78 is 5.82. The van der Waals surface area contributed by atoms with Crippen LogP contribution in [0.15, 0.2) is 0 Å². The Hall–Kier alpha value is -0.700. The standard InChI is InChI=1S/C23H42O3/c1-4-5-6-7-8-9-10-11-12-13-14-15-16-17-18-26-23(20-25)21(19-24)22(23,2)3/h19-21H,4-18H2,1-3H3. The van der Waals surface area contributed by atoms with Gasteiger partial charge in [-0.1, -0.05) is 104 Å². The Bertz CT molecular complexity index is 391. The number of carbonyl (C=O) groups is 2. The predicted octanol–water partition coefficient (Wildman–Crippen LogP) is 6.28. The fraction of sp³-hybridized carbons (Fsp3) is 0.913. The van der Waals surface area contributed by atoms with Gasteiger partial charge in [0.1, 0.15) is 11.9 Å². The third-order valence-corrected chi connectivity index (χ3v) is 6.31. The molecule has 0 amide bonds. The maximum absolute atomic E-state index is 11.4. The van der Waals surface area contributed by atoms with Crippen molar-refractivity contribution < 1.29 is 14.3 Å². The quantitative estimate of drug-likeness (QED) is 0.212. The van der Waals surface area contributed by atoms with Crippen LogP contribution < -0.4 is 0 Å². The van der Waals surface area contributed by atoms with Crippen LogP contribution in [0.3, 0.4) is 0 Å². The first kappa shape index (κ1) is 23.3. The van der Waals surface area contributed by atoms with Crippen molar-refractivity contribution >= 4 is 12.6 Å². The SMILES string of the molecule is CCCCCCCCCCCCCCCCOC1(C=O)C(C=O)C1(C)C. The topological polar surface area (TPSA) is 43.4 Å². The zero-order chi connectivity index (χ0) is 19.3. The van der Waals surface area contributed by atoms with Gasteiger partial charge in [0, 0.05) is 12.0 Å². The first-order chi connectivity index (χ1) is 12.6. The second-order valence-corrected chi connectivity index (χ2v) is 8.69. The van der Waals surface area contributed by atoms with Crippen molar-refractivity contribution in [2.24, 2.45) is 11.3 Å². The van der Waals surface area contributed by atoms with Gasteiger partial charge < -0.3 is 14.3 Å². The van der Waals surface area contributed by atoms with E-state index in [9.17, 15) is 9.59 Å². The third kappa shape index (κ3) is 6.79. The van der Waals surface area contributed by atoms with E-state index in [-0.39, 0.29) is 11.3 Å². The van der Waals surface area contributed by atoms with Crippen LogP contribution in [0.4, 0.5) is 0 Å². The molecule has 3 heteroatoms. The van der Waals surface area contributed by atoms with E-state index >= 15 is 0 Å². The highest BCUT2D eigenvalue weighted by atomic mass is 16.5. The van der Waals surface area contributed by atoms with Crippen molar-refractivity contribution in [2.75, 3.05) is 6.61 Å². The van der Waals surface area contributed by atoms with Gasteiger partial charge in [-0.3, -0.25) is 0 Å².